The van der Waals surface area contributed by atoms with Gasteiger partial charge in [0.1, 0.15) is 16.7 Å². The Labute approximate surface area is 186 Å². The average molecular weight is 460 g/mol. The van der Waals surface area contributed by atoms with Crippen molar-refractivity contribution in [3.05, 3.63) is 83.4 Å². The van der Waals surface area contributed by atoms with Gasteiger partial charge in [0, 0.05) is 17.6 Å². The summed E-state index contributed by atoms with van der Waals surface area (Å²) in [5.41, 5.74) is 6.75. The number of methoxy groups -OCH3 is 1. The van der Waals surface area contributed by atoms with E-state index in [9.17, 15) is 13.2 Å². The maximum Gasteiger partial charge on any atom is 0.266 e. The third-order valence-electron chi connectivity index (χ3n) is 4.73. The first-order chi connectivity index (χ1) is 14.8. The van der Waals surface area contributed by atoms with Crippen molar-refractivity contribution in [2.24, 2.45) is 5.73 Å². The number of carbonyl (C=O) groups excluding carboxylic acids is 1. The van der Waals surface area contributed by atoms with Crippen LogP contribution in [0.5, 0.6) is 5.75 Å². The Hall–Kier alpha value is -3.23. The Morgan fingerprint density at radius 3 is 2.35 bits per heavy atom. The number of halogens is 1. The van der Waals surface area contributed by atoms with Crippen molar-refractivity contribution < 1.29 is 17.9 Å². The number of para-hydroxylation sites is 2. The van der Waals surface area contributed by atoms with Gasteiger partial charge >= 0.3 is 0 Å². The second kappa shape index (κ2) is 9.28. The number of nitrogens with zero attached hydrogens (tertiary/aromatic N) is 1. The minimum absolute atomic E-state index is 0.00593. The number of hydrogen-bond donors (Lipinski definition) is 2. The maximum absolute atomic E-state index is 13.3. The number of anilines is 2. The Bertz CT molecular complexity index is 1190. The predicted octanol–water partition coefficient (Wildman–Crippen LogP) is 3.81. The third kappa shape index (κ3) is 4.76. The SMILES string of the molecule is COc1ccc(Cl)cc1C(Nc1ccccc1S(=O)(=O)N(C)c1ccccc1)C(N)=O. The van der Waals surface area contributed by atoms with Crippen molar-refractivity contribution >= 4 is 38.9 Å². The van der Waals surface area contributed by atoms with Crippen LogP contribution in [0.4, 0.5) is 11.4 Å². The van der Waals surface area contributed by atoms with E-state index in [0.29, 0.717) is 22.0 Å². The van der Waals surface area contributed by atoms with E-state index >= 15 is 0 Å². The van der Waals surface area contributed by atoms with E-state index < -0.39 is 22.0 Å². The minimum Gasteiger partial charge on any atom is -0.496 e. The fraction of sp³-hybridized carbons (Fsp3) is 0.136. The summed E-state index contributed by atoms with van der Waals surface area (Å²) in [6, 6.07) is 18.7. The van der Waals surface area contributed by atoms with Crippen LogP contribution in [0.3, 0.4) is 0 Å². The molecule has 3 rings (SSSR count). The highest BCUT2D eigenvalue weighted by atomic mass is 35.5. The van der Waals surface area contributed by atoms with E-state index in [1.165, 1.54) is 24.5 Å². The summed E-state index contributed by atoms with van der Waals surface area (Å²) in [7, 11) is -1.02. The van der Waals surface area contributed by atoms with E-state index in [1.807, 2.05) is 0 Å². The van der Waals surface area contributed by atoms with E-state index in [0.717, 1.165) is 0 Å². The first-order valence-electron chi connectivity index (χ1n) is 9.28. The Balaban J connectivity index is 2.05. The van der Waals surface area contributed by atoms with Crippen LogP contribution in [-0.2, 0) is 14.8 Å². The number of ether oxygens (including phenoxy) is 1. The van der Waals surface area contributed by atoms with Crippen molar-refractivity contribution in [1.82, 2.24) is 0 Å². The topological polar surface area (TPSA) is 102 Å². The van der Waals surface area contributed by atoms with Gasteiger partial charge in [-0.3, -0.25) is 9.10 Å². The van der Waals surface area contributed by atoms with Gasteiger partial charge in [0.2, 0.25) is 5.91 Å². The van der Waals surface area contributed by atoms with Gasteiger partial charge < -0.3 is 15.8 Å². The average Bonchev–Trinajstić information content (AvgIpc) is 2.77. The van der Waals surface area contributed by atoms with Crippen LogP contribution in [0.15, 0.2) is 77.7 Å². The smallest absolute Gasteiger partial charge is 0.266 e. The lowest BCUT2D eigenvalue weighted by Crippen LogP contribution is -2.30. The highest BCUT2D eigenvalue weighted by molar-refractivity contribution is 7.93. The first-order valence-corrected chi connectivity index (χ1v) is 11.1. The van der Waals surface area contributed by atoms with E-state index in [4.69, 9.17) is 22.1 Å². The van der Waals surface area contributed by atoms with Gasteiger partial charge in [-0.2, -0.15) is 0 Å². The molecule has 1 atom stereocenters. The molecule has 31 heavy (non-hydrogen) atoms. The molecule has 0 radical (unpaired) electrons. The fourth-order valence-electron chi connectivity index (χ4n) is 3.12. The number of rotatable bonds is 8. The van der Waals surface area contributed by atoms with Crippen LogP contribution in [0.2, 0.25) is 5.02 Å². The molecule has 0 saturated heterocycles. The highest BCUT2D eigenvalue weighted by Crippen LogP contribution is 2.34. The molecular weight excluding hydrogens is 438 g/mol. The molecule has 3 aromatic rings. The molecule has 0 aromatic heterocycles. The molecule has 0 bridgehead atoms. The molecule has 0 saturated carbocycles. The van der Waals surface area contributed by atoms with Crippen molar-refractivity contribution in [3.63, 3.8) is 0 Å². The van der Waals surface area contributed by atoms with Crippen molar-refractivity contribution in [2.45, 2.75) is 10.9 Å². The van der Waals surface area contributed by atoms with Gasteiger partial charge in [0.05, 0.1) is 18.5 Å². The second-order valence-electron chi connectivity index (χ2n) is 6.67. The summed E-state index contributed by atoms with van der Waals surface area (Å²) in [4.78, 5) is 12.3. The first kappa shape index (κ1) is 22.5. The zero-order valence-corrected chi connectivity index (χ0v) is 18.5. The highest BCUT2D eigenvalue weighted by Gasteiger charge is 2.28. The Kier molecular flexibility index (Phi) is 6.72. The van der Waals surface area contributed by atoms with E-state index in [-0.39, 0.29) is 10.6 Å². The van der Waals surface area contributed by atoms with Gasteiger partial charge in [-0.15, -0.1) is 0 Å². The van der Waals surface area contributed by atoms with Crippen LogP contribution in [0, 0.1) is 0 Å². The van der Waals surface area contributed by atoms with Crippen LogP contribution < -0.4 is 20.1 Å². The fourth-order valence-corrected chi connectivity index (χ4v) is 4.65. The quantitative estimate of drug-likeness (QED) is 0.533. The largest absolute Gasteiger partial charge is 0.496 e. The van der Waals surface area contributed by atoms with Crippen LogP contribution in [0.25, 0.3) is 0 Å². The lowest BCUT2D eigenvalue weighted by molar-refractivity contribution is -0.118. The molecular formula is C22H22ClN3O4S. The summed E-state index contributed by atoms with van der Waals surface area (Å²) in [5, 5.41) is 3.34. The Morgan fingerprint density at radius 2 is 1.71 bits per heavy atom. The summed E-state index contributed by atoms with van der Waals surface area (Å²) in [6.45, 7) is 0. The molecule has 3 N–H and O–H groups in total. The number of benzene rings is 3. The van der Waals surface area contributed by atoms with Gasteiger partial charge in [-0.1, -0.05) is 41.9 Å². The zero-order valence-electron chi connectivity index (χ0n) is 16.9. The number of amides is 1. The normalized spacial score (nSPS) is 12.1. The molecule has 0 fully saturated rings. The monoisotopic (exact) mass is 459 g/mol. The van der Waals surface area contributed by atoms with Crippen LogP contribution in [0.1, 0.15) is 11.6 Å². The lowest BCUT2D eigenvalue weighted by atomic mass is 10.0. The maximum atomic E-state index is 13.3. The summed E-state index contributed by atoms with van der Waals surface area (Å²) in [5.74, 6) is -0.327. The van der Waals surface area contributed by atoms with Gasteiger partial charge in [0.25, 0.3) is 10.0 Å². The number of nitrogens with two attached hydrogens (primary N) is 1. The number of carbonyl (C=O) groups is 1. The molecule has 7 nitrogen and oxygen atoms in total. The molecule has 1 unspecified atom stereocenters. The van der Waals surface area contributed by atoms with Crippen molar-refractivity contribution in [1.29, 1.82) is 0 Å². The second-order valence-corrected chi connectivity index (χ2v) is 9.04. The summed E-state index contributed by atoms with van der Waals surface area (Å²) in [6.07, 6.45) is 0. The number of nitrogens with one attached hydrogen (secondary N) is 1. The van der Waals surface area contributed by atoms with Gasteiger partial charge in [-0.05, 0) is 42.5 Å². The van der Waals surface area contributed by atoms with E-state index in [2.05, 4.69) is 5.32 Å². The molecule has 0 heterocycles. The van der Waals surface area contributed by atoms with Crippen LogP contribution >= 0.6 is 11.6 Å². The minimum atomic E-state index is -3.94. The molecule has 9 heteroatoms. The van der Waals surface area contributed by atoms with Gasteiger partial charge in [0.15, 0.2) is 0 Å². The van der Waals surface area contributed by atoms with Crippen molar-refractivity contribution in [2.75, 3.05) is 23.8 Å². The molecule has 0 aliphatic carbocycles. The summed E-state index contributed by atoms with van der Waals surface area (Å²) >= 11 is 6.10. The molecule has 3 aromatic carbocycles. The summed E-state index contributed by atoms with van der Waals surface area (Å²) < 4.78 is 33.2. The zero-order chi connectivity index (χ0) is 22.6. The van der Waals surface area contributed by atoms with E-state index in [1.54, 1.807) is 66.7 Å². The number of sulfonamides is 1. The van der Waals surface area contributed by atoms with Crippen molar-refractivity contribution in [3.8, 4) is 5.75 Å². The number of primary amides is 1. The van der Waals surface area contributed by atoms with Gasteiger partial charge in [-0.25, -0.2) is 8.42 Å². The molecule has 0 aliphatic rings. The predicted molar refractivity (Wildman–Crippen MR) is 122 cm³/mol. The molecule has 0 aliphatic heterocycles. The molecule has 162 valence electrons. The molecule has 1 amide bonds. The number of hydrogen-bond acceptors (Lipinski definition) is 5. The lowest BCUT2D eigenvalue weighted by Gasteiger charge is -2.24. The van der Waals surface area contributed by atoms with Crippen LogP contribution in [-0.4, -0.2) is 28.5 Å². The third-order valence-corrected chi connectivity index (χ3v) is 6.81. The molecule has 0 spiro atoms. The Morgan fingerprint density at radius 1 is 1.06 bits per heavy atom. The standard InChI is InChI=1S/C22H22ClN3O4S/c1-26(16-8-4-3-5-9-16)31(28,29)20-11-7-6-10-18(20)25-21(22(24)27)17-14-15(23)12-13-19(17)30-2/h3-14,21,25H,1-2H3,(H2,24,27).